The van der Waals surface area contributed by atoms with Crippen LogP contribution in [0.1, 0.15) is 40.5 Å². The summed E-state index contributed by atoms with van der Waals surface area (Å²) in [6.07, 6.45) is 2.78. The molecular formula is C39H36N4O. The number of nitrogens with zero attached hydrogens (tertiary/aromatic N) is 4. The summed E-state index contributed by atoms with van der Waals surface area (Å²) in [7, 11) is 0. The molecule has 0 radical (unpaired) electrons. The number of hydrogen-bond donors (Lipinski definition) is 0. The van der Waals surface area contributed by atoms with Gasteiger partial charge in [0.1, 0.15) is 17.3 Å². The van der Waals surface area contributed by atoms with Crippen LogP contribution in [0.2, 0.25) is 0 Å². The first-order valence-corrected chi connectivity index (χ1v) is 15.0. The van der Waals surface area contributed by atoms with E-state index in [0.717, 1.165) is 62.2 Å². The van der Waals surface area contributed by atoms with Gasteiger partial charge in [-0.15, -0.1) is 0 Å². The fraction of sp³-hybridized carbons (Fsp3) is 0.179. The zero-order valence-corrected chi connectivity index (χ0v) is 25.4. The first kappa shape index (κ1) is 24.3. The number of aryl methyl sites for hydroxylation is 2. The standard InChI is InChI=1S/C39H36N4O/c1-25(2)20-29-18-19-40-38(22-29)42-36-17-14-26(3)21-35(36)34-16-15-33(24-37(34)42)44-32-13-9-12-31(23-32)43-28(5)39(27(4)41-43)30-10-7-6-8-11-30/h6-19,21-25H,20H2,1-5H3/i3D3. The molecule has 5 nitrogen and oxygen atoms in total. The van der Waals surface area contributed by atoms with Crippen LogP contribution in [0, 0.1) is 26.6 Å². The zero-order chi connectivity index (χ0) is 32.9. The normalized spacial score (nSPS) is 12.9. The molecule has 0 fully saturated rings. The Morgan fingerprint density at radius 1 is 0.795 bits per heavy atom. The Kier molecular flexibility index (Phi) is 6.16. The summed E-state index contributed by atoms with van der Waals surface area (Å²) in [5, 5.41) is 6.66. The van der Waals surface area contributed by atoms with Crippen molar-refractivity contribution >= 4 is 21.8 Å². The van der Waals surface area contributed by atoms with Gasteiger partial charge in [0.2, 0.25) is 0 Å². The van der Waals surface area contributed by atoms with Gasteiger partial charge in [0.25, 0.3) is 0 Å². The summed E-state index contributed by atoms with van der Waals surface area (Å²) < 4.78 is 34.6. The smallest absolute Gasteiger partial charge is 0.137 e. The average molecular weight is 580 g/mol. The number of pyridine rings is 1. The van der Waals surface area contributed by atoms with E-state index >= 15 is 0 Å². The minimum absolute atomic E-state index is 0.308. The van der Waals surface area contributed by atoms with E-state index in [1.165, 1.54) is 5.56 Å². The van der Waals surface area contributed by atoms with Gasteiger partial charge in [-0.3, -0.25) is 4.57 Å². The molecule has 5 heteroatoms. The number of aromatic nitrogens is 4. The van der Waals surface area contributed by atoms with Gasteiger partial charge in [0, 0.05) is 44.5 Å². The topological polar surface area (TPSA) is 44.9 Å². The Morgan fingerprint density at radius 2 is 1.64 bits per heavy atom. The van der Waals surface area contributed by atoms with Crippen LogP contribution in [0.5, 0.6) is 11.5 Å². The third-order valence-electron chi connectivity index (χ3n) is 8.07. The van der Waals surface area contributed by atoms with Gasteiger partial charge in [0.15, 0.2) is 0 Å². The highest BCUT2D eigenvalue weighted by atomic mass is 16.5. The van der Waals surface area contributed by atoms with E-state index in [0.29, 0.717) is 23.0 Å². The highest BCUT2D eigenvalue weighted by molar-refractivity contribution is 6.09. The van der Waals surface area contributed by atoms with Gasteiger partial charge in [-0.2, -0.15) is 5.10 Å². The first-order chi connectivity index (χ1) is 22.6. The van der Waals surface area contributed by atoms with Crippen LogP contribution in [-0.2, 0) is 6.42 Å². The number of ether oxygens (including phenoxy) is 1. The molecule has 0 aliphatic rings. The Hall–Kier alpha value is -5.16. The number of benzene rings is 4. The molecule has 0 N–H and O–H groups in total. The SMILES string of the molecule is [2H]C([2H])([2H])c1ccc2c(c1)c1ccc(Oc3cccc(-n4nc(C)c(-c5ccccc5)c4C)c3)cc1n2-c1cc(CC(C)C)ccn1. The van der Waals surface area contributed by atoms with Gasteiger partial charge < -0.3 is 4.74 Å². The van der Waals surface area contributed by atoms with Crippen LogP contribution in [-0.4, -0.2) is 19.3 Å². The summed E-state index contributed by atoms with van der Waals surface area (Å²) >= 11 is 0. The van der Waals surface area contributed by atoms with Crippen LogP contribution in [0.15, 0.2) is 109 Å². The van der Waals surface area contributed by atoms with Crippen molar-refractivity contribution in [3.8, 4) is 34.1 Å². The predicted octanol–water partition coefficient (Wildman–Crippen LogP) is 9.95. The molecule has 0 atom stereocenters. The van der Waals surface area contributed by atoms with E-state index in [9.17, 15) is 0 Å². The minimum atomic E-state index is -2.21. The highest BCUT2D eigenvalue weighted by Crippen LogP contribution is 2.36. The molecule has 0 unspecified atom stereocenters. The van der Waals surface area contributed by atoms with Crippen LogP contribution < -0.4 is 4.74 Å². The molecule has 3 heterocycles. The van der Waals surface area contributed by atoms with Gasteiger partial charge in [-0.25, -0.2) is 9.67 Å². The Morgan fingerprint density at radius 3 is 2.45 bits per heavy atom. The number of fused-ring (bicyclic) bond motifs is 3. The minimum Gasteiger partial charge on any atom is -0.457 e. The van der Waals surface area contributed by atoms with Crippen LogP contribution in [0.4, 0.5) is 0 Å². The monoisotopic (exact) mass is 579 g/mol. The summed E-state index contributed by atoms with van der Waals surface area (Å²) in [6.45, 7) is 6.32. The molecule has 0 aliphatic carbocycles. The maximum absolute atomic E-state index is 8.02. The van der Waals surface area contributed by atoms with E-state index in [4.69, 9.17) is 18.9 Å². The molecule has 0 saturated heterocycles. The molecule has 0 spiro atoms. The van der Waals surface area contributed by atoms with Crippen molar-refractivity contribution in [2.75, 3.05) is 0 Å². The van der Waals surface area contributed by atoms with E-state index in [-0.39, 0.29) is 0 Å². The quantitative estimate of drug-likeness (QED) is 0.189. The average Bonchev–Trinajstić information content (AvgIpc) is 3.53. The fourth-order valence-corrected chi connectivity index (χ4v) is 6.22. The summed E-state index contributed by atoms with van der Waals surface area (Å²) in [5.74, 6) is 2.62. The molecule has 0 aliphatic heterocycles. The molecule has 0 saturated carbocycles. The molecule has 0 bridgehead atoms. The van der Waals surface area contributed by atoms with Gasteiger partial charge in [-0.1, -0.05) is 61.9 Å². The van der Waals surface area contributed by atoms with Crippen molar-refractivity contribution in [3.63, 3.8) is 0 Å². The van der Waals surface area contributed by atoms with Crippen molar-refractivity contribution in [3.05, 3.63) is 132 Å². The second kappa shape index (κ2) is 11.2. The molecular weight excluding hydrogens is 540 g/mol. The number of hydrogen-bond acceptors (Lipinski definition) is 3. The second-order valence-corrected chi connectivity index (χ2v) is 11.8. The molecule has 0 amide bonds. The van der Waals surface area contributed by atoms with Crippen LogP contribution in [0.3, 0.4) is 0 Å². The lowest BCUT2D eigenvalue weighted by Gasteiger charge is -2.12. The van der Waals surface area contributed by atoms with E-state index in [1.54, 1.807) is 12.1 Å². The third-order valence-corrected chi connectivity index (χ3v) is 8.07. The van der Waals surface area contributed by atoms with Crippen molar-refractivity contribution in [2.24, 2.45) is 5.92 Å². The van der Waals surface area contributed by atoms with Crippen LogP contribution in [0.25, 0.3) is 44.4 Å². The van der Waals surface area contributed by atoms with E-state index in [1.807, 2.05) is 84.5 Å². The molecule has 3 aromatic heterocycles. The predicted molar refractivity (Wildman–Crippen MR) is 180 cm³/mol. The van der Waals surface area contributed by atoms with Crippen molar-refractivity contribution < 1.29 is 8.85 Å². The maximum Gasteiger partial charge on any atom is 0.137 e. The van der Waals surface area contributed by atoms with Crippen molar-refractivity contribution in [1.82, 2.24) is 19.3 Å². The lowest BCUT2D eigenvalue weighted by atomic mass is 10.0. The van der Waals surface area contributed by atoms with Crippen LogP contribution >= 0.6 is 0 Å². The summed E-state index contributed by atoms with van der Waals surface area (Å²) in [6, 6.07) is 33.7. The molecule has 7 aromatic rings. The van der Waals surface area contributed by atoms with Gasteiger partial charge >= 0.3 is 0 Å². The molecule has 4 aromatic carbocycles. The Labute approximate surface area is 262 Å². The lowest BCUT2D eigenvalue weighted by molar-refractivity contribution is 0.483. The first-order valence-electron chi connectivity index (χ1n) is 16.5. The molecule has 218 valence electrons. The largest absolute Gasteiger partial charge is 0.457 e. The summed E-state index contributed by atoms with van der Waals surface area (Å²) in [4.78, 5) is 4.76. The molecule has 7 rings (SSSR count). The third kappa shape index (κ3) is 5.05. The zero-order valence-electron chi connectivity index (χ0n) is 28.4. The number of rotatable bonds is 7. The molecule has 44 heavy (non-hydrogen) atoms. The summed E-state index contributed by atoms with van der Waals surface area (Å²) in [5.41, 5.74) is 8.47. The maximum atomic E-state index is 8.02. The Balaban J connectivity index is 1.31. The van der Waals surface area contributed by atoms with Crippen molar-refractivity contribution in [2.45, 2.75) is 41.0 Å². The lowest BCUT2D eigenvalue weighted by Crippen LogP contribution is -2.01. The highest BCUT2D eigenvalue weighted by Gasteiger charge is 2.17. The van der Waals surface area contributed by atoms with E-state index in [2.05, 4.69) is 49.6 Å². The second-order valence-electron chi connectivity index (χ2n) is 11.8. The van der Waals surface area contributed by atoms with E-state index < -0.39 is 6.85 Å². The van der Waals surface area contributed by atoms with Crippen molar-refractivity contribution in [1.29, 1.82) is 0 Å². The Bertz CT molecular complexity index is 2250. The van der Waals surface area contributed by atoms with Gasteiger partial charge in [0.05, 0.1) is 22.4 Å². The fourth-order valence-electron chi connectivity index (χ4n) is 6.22. The van der Waals surface area contributed by atoms with Gasteiger partial charge in [-0.05, 0) is 92.7 Å².